The standard InChI is InChI=1S/C27H31N3O2/c31-25(29-24-9-8-22(17-28-24)21-5-2-1-3-6-21)23-7-4-10-30(23)26(32)27-14-18-11-19(15-27)13-20(12-18)16-27/h1-3,5-6,8-9,17-20,23H,4,7,10-16H2,(H,28,29,31). The van der Waals surface area contributed by atoms with Gasteiger partial charge in [-0.05, 0) is 86.8 Å². The Kier molecular flexibility index (Phi) is 4.81. The molecule has 5 fully saturated rings. The van der Waals surface area contributed by atoms with E-state index in [-0.39, 0.29) is 23.3 Å². The SMILES string of the molecule is O=C(Nc1ccc(-c2ccccc2)cn1)C1CCCN1C(=O)C12CC3CC(CC(C3)C1)C2. The molecule has 4 bridgehead atoms. The van der Waals surface area contributed by atoms with Crippen molar-refractivity contribution in [2.24, 2.45) is 23.2 Å². The molecule has 1 saturated heterocycles. The molecule has 5 nitrogen and oxygen atoms in total. The van der Waals surface area contributed by atoms with Crippen LogP contribution in [0.3, 0.4) is 0 Å². The maximum Gasteiger partial charge on any atom is 0.248 e. The molecular weight excluding hydrogens is 398 g/mol. The van der Waals surface area contributed by atoms with Crippen LogP contribution in [0.4, 0.5) is 5.82 Å². The van der Waals surface area contributed by atoms with E-state index in [1.807, 2.05) is 47.4 Å². The van der Waals surface area contributed by atoms with Gasteiger partial charge in [-0.15, -0.1) is 0 Å². The number of carbonyl (C=O) groups excluding carboxylic acids is 2. The molecular formula is C27H31N3O2. The van der Waals surface area contributed by atoms with Gasteiger partial charge in [0.05, 0.1) is 5.41 Å². The number of benzene rings is 1. The number of carbonyl (C=O) groups is 2. The molecule has 4 aliphatic carbocycles. The molecule has 1 atom stereocenters. The Morgan fingerprint density at radius 1 is 0.906 bits per heavy atom. The first-order chi connectivity index (χ1) is 15.6. The largest absolute Gasteiger partial charge is 0.330 e. The third-order valence-electron chi connectivity index (χ3n) is 8.43. The van der Waals surface area contributed by atoms with Gasteiger partial charge in [0.2, 0.25) is 11.8 Å². The molecule has 1 aromatic carbocycles. The lowest BCUT2D eigenvalue weighted by Gasteiger charge is -2.56. The summed E-state index contributed by atoms with van der Waals surface area (Å²) in [7, 11) is 0. The Bertz CT molecular complexity index is 982. The Balaban J connectivity index is 1.16. The monoisotopic (exact) mass is 429 g/mol. The smallest absolute Gasteiger partial charge is 0.248 e. The summed E-state index contributed by atoms with van der Waals surface area (Å²) in [6.07, 6.45) is 10.5. The maximum atomic E-state index is 13.8. The van der Waals surface area contributed by atoms with Gasteiger partial charge < -0.3 is 10.2 Å². The van der Waals surface area contributed by atoms with Gasteiger partial charge in [0.15, 0.2) is 0 Å². The highest BCUT2D eigenvalue weighted by molar-refractivity contribution is 5.98. The molecule has 7 rings (SSSR count). The van der Waals surface area contributed by atoms with E-state index in [4.69, 9.17) is 0 Å². The zero-order valence-corrected chi connectivity index (χ0v) is 18.5. The van der Waals surface area contributed by atoms with Crippen molar-refractivity contribution in [3.63, 3.8) is 0 Å². The first kappa shape index (κ1) is 20.0. The molecule has 4 saturated carbocycles. The van der Waals surface area contributed by atoms with E-state index in [2.05, 4.69) is 10.3 Å². The number of nitrogens with one attached hydrogen (secondary N) is 1. The number of amides is 2. The van der Waals surface area contributed by atoms with Crippen molar-refractivity contribution in [1.82, 2.24) is 9.88 Å². The van der Waals surface area contributed by atoms with Crippen molar-refractivity contribution in [3.8, 4) is 11.1 Å². The van der Waals surface area contributed by atoms with Gasteiger partial charge in [-0.2, -0.15) is 0 Å². The van der Waals surface area contributed by atoms with Crippen molar-refractivity contribution < 1.29 is 9.59 Å². The number of nitrogens with zero attached hydrogens (tertiary/aromatic N) is 2. The van der Waals surface area contributed by atoms with Gasteiger partial charge in [-0.3, -0.25) is 9.59 Å². The van der Waals surface area contributed by atoms with Crippen molar-refractivity contribution in [3.05, 3.63) is 48.7 Å². The van der Waals surface area contributed by atoms with Crippen LogP contribution in [-0.2, 0) is 9.59 Å². The minimum absolute atomic E-state index is 0.0967. The minimum Gasteiger partial charge on any atom is -0.330 e. The molecule has 32 heavy (non-hydrogen) atoms. The fourth-order valence-corrected chi connectivity index (χ4v) is 7.44. The average molecular weight is 430 g/mol. The van der Waals surface area contributed by atoms with Gasteiger partial charge in [-0.25, -0.2) is 4.98 Å². The van der Waals surface area contributed by atoms with Crippen molar-refractivity contribution in [2.75, 3.05) is 11.9 Å². The summed E-state index contributed by atoms with van der Waals surface area (Å²) < 4.78 is 0. The first-order valence-electron chi connectivity index (χ1n) is 12.2. The summed E-state index contributed by atoms with van der Waals surface area (Å²) in [6, 6.07) is 13.5. The molecule has 2 amide bonds. The molecule has 166 valence electrons. The topological polar surface area (TPSA) is 62.3 Å². The van der Waals surface area contributed by atoms with Crippen LogP contribution in [0.5, 0.6) is 0 Å². The fraction of sp³-hybridized carbons (Fsp3) is 0.519. The molecule has 1 aliphatic heterocycles. The summed E-state index contributed by atoms with van der Waals surface area (Å²) in [4.78, 5) is 33.3. The predicted molar refractivity (Wildman–Crippen MR) is 124 cm³/mol. The zero-order valence-electron chi connectivity index (χ0n) is 18.5. The molecule has 0 radical (unpaired) electrons. The van der Waals surface area contributed by atoms with Crippen LogP contribution in [0, 0.1) is 23.2 Å². The number of hydrogen-bond donors (Lipinski definition) is 1. The number of anilines is 1. The highest BCUT2D eigenvalue weighted by Gasteiger charge is 2.56. The Labute approximate surface area is 189 Å². The number of pyridine rings is 1. The minimum atomic E-state index is -0.369. The van der Waals surface area contributed by atoms with Crippen molar-refractivity contribution in [2.45, 2.75) is 57.4 Å². The average Bonchev–Trinajstić information content (AvgIpc) is 3.29. The lowest BCUT2D eigenvalue weighted by molar-refractivity contribution is -0.160. The van der Waals surface area contributed by atoms with Crippen LogP contribution in [0.1, 0.15) is 51.4 Å². The van der Waals surface area contributed by atoms with E-state index in [9.17, 15) is 9.59 Å². The second kappa shape index (κ2) is 7.72. The Hall–Kier alpha value is -2.69. The number of rotatable bonds is 4. The van der Waals surface area contributed by atoms with Crippen LogP contribution in [0.15, 0.2) is 48.7 Å². The highest BCUT2D eigenvalue weighted by atomic mass is 16.2. The van der Waals surface area contributed by atoms with Crippen molar-refractivity contribution >= 4 is 17.6 Å². The zero-order chi connectivity index (χ0) is 21.7. The van der Waals surface area contributed by atoms with Crippen LogP contribution >= 0.6 is 0 Å². The first-order valence-corrected chi connectivity index (χ1v) is 12.2. The van der Waals surface area contributed by atoms with Crippen LogP contribution in [-0.4, -0.2) is 34.3 Å². The normalized spacial score (nSPS) is 32.8. The number of aromatic nitrogens is 1. The van der Waals surface area contributed by atoms with E-state index in [1.54, 1.807) is 6.20 Å². The van der Waals surface area contributed by atoms with Crippen LogP contribution in [0.2, 0.25) is 0 Å². The molecule has 1 aromatic heterocycles. The number of hydrogen-bond acceptors (Lipinski definition) is 3. The van der Waals surface area contributed by atoms with Gasteiger partial charge in [-0.1, -0.05) is 30.3 Å². The highest BCUT2D eigenvalue weighted by Crippen LogP contribution is 2.60. The summed E-state index contributed by atoms with van der Waals surface area (Å²) >= 11 is 0. The second-order valence-corrected chi connectivity index (χ2v) is 10.6. The Morgan fingerprint density at radius 2 is 1.59 bits per heavy atom. The molecule has 2 heterocycles. The van der Waals surface area contributed by atoms with E-state index >= 15 is 0 Å². The summed E-state index contributed by atoms with van der Waals surface area (Å²) in [6.45, 7) is 0.707. The van der Waals surface area contributed by atoms with Gasteiger partial charge in [0, 0.05) is 18.3 Å². The van der Waals surface area contributed by atoms with E-state index < -0.39 is 0 Å². The lowest BCUT2D eigenvalue weighted by Crippen LogP contribution is -2.56. The van der Waals surface area contributed by atoms with Crippen molar-refractivity contribution in [1.29, 1.82) is 0 Å². The molecule has 0 spiro atoms. The van der Waals surface area contributed by atoms with Gasteiger partial charge in [0.25, 0.3) is 0 Å². The quantitative estimate of drug-likeness (QED) is 0.752. The molecule has 5 aliphatic rings. The summed E-state index contributed by atoms with van der Waals surface area (Å²) in [5.41, 5.74) is 1.93. The predicted octanol–water partition coefficient (Wildman–Crippen LogP) is 4.89. The second-order valence-electron chi connectivity index (χ2n) is 10.6. The van der Waals surface area contributed by atoms with E-state index in [1.165, 1.54) is 19.3 Å². The fourth-order valence-electron chi connectivity index (χ4n) is 7.44. The van der Waals surface area contributed by atoms with Crippen LogP contribution in [0.25, 0.3) is 11.1 Å². The Morgan fingerprint density at radius 3 is 2.22 bits per heavy atom. The van der Waals surface area contributed by atoms with Crippen LogP contribution < -0.4 is 5.32 Å². The summed E-state index contributed by atoms with van der Waals surface area (Å²) in [5, 5.41) is 2.98. The number of likely N-dealkylation sites (tertiary alicyclic amines) is 1. The van der Waals surface area contributed by atoms with Gasteiger partial charge in [0.1, 0.15) is 11.9 Å². The van der Waals surface area contributed by atoms with E-state index in [0.717, 1.165) is 61.0 Å². The summed E-state index contributed by atoms with van der Waals surface area (Å²) in [5.74, 6) is 2.90. The molecule has 1 N–H and O–H groups in total. The van der Waals surface area contributed by atoms with E-state index in [0.29, 0.717) is 12.4 Å². The molecule has 2 aromatic rings. The third-order valence-corrected chi connectivity index (χ3v) is 8.43. The van der Waals surface area contributed by atoms with Gasteiger partial charge >= 0.3 is 0 Å². The molecule has 5 heteroatoms. The maximum absolute atomic E-state index is 13.8. The lowest BCUT2D eigenvalue weighted by atomic mass is 9.49. The third kappa shape index (κ3) is 3.42. The molecule has 1 unspecified atom stereocenters.